The second-order valence-electron chi connectivity index (χ2n) is 6.12. The first-order valence-electron chi connectivity index (χ1n) is 8.49. The molecule has 1 amide bonds. The first-order valence-corrected chi connectivity index (χ1v) is 8.49. The summed E-state index contributed by atoms with van der Waals surface area (Å²) in [5.74, 6) is -2.32. The van der Waals surface area contributed by atoms with Gasteiger partial charge in [-0.15, -0.1) is 0 Å². The average Bonchev–Trinajstić information content (AvgIpc) is 3.29. The molecule has 3 aromatic rings. The Bertz CT molecular complexity index is 1100. The van der Waals surface area contributed by atoms with Crippen LogP contribution in [-0.4, -0.2) is 28.8 Å². The van der Waals surface area contributed by atoms with Crippen LogP contribution >= 0.6 is 0 Å². The Morgan fingerprint density at radius 1 is 1.23 bits per heavy atom. The van der Waals surface area contributed by atoms with Gasteiger partial charge >= 0.3 is 12.1 Å². The lowest BCUT2D eigenvalue weighted by Gasteiger charge is -2.13. The number of carbonyl (C=O) groups is 2. The minimum Gasteiger partial charge on any atom is -0.465 e. The van der Waals surface area contributed by atoms with E-state index < -0.39 is 40.8 Å². The number of hydrogen-bond donors (Lipinski definition) is 1. The van der Waals surface area contributed by atoms with Gasteiger partial charge in [-0.1, -0.05) is 12.1 Å². The summed E-state index contributed by atoms with van der Waals surface area (Å²) in [6.07, 6.45) is -4.28. The Labute approximate surface area is 167 Å². The zero-order chi connectivity index (χ0) is 22.1. The number of benzene rings is 1. The number of rotatable bonds is 5. The molecular weight excluding hydrogens is 410 g/mol. The lowest BCUT2D eigenvalue weighted by Crippen LogP contribution is -2.26. The van der Waals surface area contributed by atoms with Crippen LogP contribution < -0.4 is 5.32 Å². The number of aromatic nitrogens is 2. The summed E-state index contributed by atoms with van der Waals surface area (Å²) in [7, 11) is 1.18. The number of amides is 1. The molecule has 3 rings (SSSR count). The number of halogens is 4. The van der Waals surface area contributed by atoms with E-state index in [2.05, 4.69) is 15.2 Å². The van der Waals surface area contributed by atoms with Crippen LogP contribution in [0.4, 0.5) is 17.6 Å². The molecule has 30 heavy (non-hydrogen) atoms. The Morgan fingerprint density at radius 2 is 1.93 bits per heavy atom. The average molecular weight is 425 g/mol. The number of aryl methyl sites for hydroxylation is 1. The minimum atomic E-state index is -4.98. The lowest BCUT2D eigenvalue weighted by molar-refractivity contribution is -0.143. The van der Waals surface area contributed by atoms with Crippen molar-refractivity contribution in [3.05, 3.63) is 70.7 Å². The summed E-state index contributed by atoms with van der Waals surface area (Å²) in [5.41, 5.74) is -2.53. The molecule has 0 unspecified atom stereocenters. The molecule has 2 aromatic heterocycles. The third-order valence-electron chi connectivity index (χ3n) is 4.16. The van der Waals surface area contributed by atoms with Crippen molar-refractivity contribution in [2.24, 2.45) is 0 Å². The highest BCUT2D eigenvalue weighted by molar-refractivity contribution is 5.95. The monoisotopic (exact) mass is 425 g/mol. The van der Waals surface area contributed by atoms with Gasteiger partial charge < -0.3 is 14.5 Å². The second-order valence-corrected chi connectivity index (χ2v) is 6.12. The van der Waals surface area contributed by atoms with Gasteiger partial charge in [0, 0.05) is 0 Å². The van der Waals surface area contributed by atoms with Gasteiger partial charge in [-0.3, -0.25) is 4.79 Å². The van der Waals surface area contributed by atoms with Gasteiger partial charge in [0.1, 0.15) is 28.6 Å². The van der Waals surface area contributed by atoms with Crippen LogP contribution in [0.5, 0.6) is 0 Å². The van der Waals surface area contributed by atoms with Gasteiger partial charge in [0.25, 0.3) is 5.91 Å². The van der Waals surface area contributed by atoms with Gasteiger partial charge in [-0.05, 0) is 25.1 Å². The Balaban J connectivity index is 1.88. The van der Waals surface area contributed by atoms with Crippen molar-refractivity contribution in [1.82, 2.24) is 15.1 Å². The number of esters is 1. The fraction of sp³-hybridized carbons (Fsp3) is 0.211. The van der Waals surface area contributed by atoms with Crippen LogP contribution in [-0.2, 0) is 17.5 Å². The molecule has 1 N–H and O–H groups in total. The Morgan fingerprint density at radius 3 is 2.57 bits per heavy atom. The molecule has 0 spiro atoms. The third kappa shape index (κ3) is 4.04. The molecule has 7 nitrogen and oxygen atoms in total. The Kier molecular flexibility index (Phi) is 5.63. The number of furan rings is 1. The predicted molar refractivity (Wildman–Crippen MR) is 94.5 cm³/mol. The molecule has 2 heterocycles. The SMILES string of the molecule is COC(=O)c1cc(CNC(=O)c2cnn(-c3ccccc3F)c2C(F)(F)F)oc1C. The van der Waals surface area contributed by atoms with E-state index in [-0.39, 0.29) is 23.6 Å². The van der Waals surface area contributed by atoms with Crippen LogP contribution in [0.1, 0.15) is 37.9 Å². The van der Waals surface area contributed by atoms with E-state index in [0.717, 1.165) is 12.1 Å². The van der Waals surface area contributed by atoms with E-state index in [1.165, 1.54) is 32.2 Å². The number of nitrogens with one attached hydrogen (secondary N) is 1. The van der Waals surface area contributed by atoms with Crippen LogP contribution in [0.3, 0.4) is 0 Å². The number of carbonyl (C=O) groups excluding carboxylic acids is 2. The summed E-state index contributed by atoms with van der Waals surface area (Å²) >= 11 is 0. The van der Waals surface area contributed by atoms with Crippen molar-refractivity contribution in [3.8, 4) is 5.69 Å². The fourth-order valence-corrected chi connectivity index (χ4v) is 2.80. The largest absolute Gasteiger partial charge is 0.465 e. The highest BCUT2D eigenvalue weighted by atomic mass is 19.4. The zero-order valence-electron chi connectivity index (χ0n) is 15.7. The third-order valence-corrected chi connectivity index (χ3v) is 4.16. The number of para-hydroxylation sites is 1. The number of hydrogen-bond acceptors (Lipinski definition) is 5. The first kappa shape index (κ1) is 21.1. The van der Waals surface area contributed by atoms with Crippen molar-refractivity contribution in [3.63, 3.8) is 0 Å². The predicted octanol–water partition coefficient (Wildman–Crippen LogP) is 3.65. The van der Waals surface area contributed by atoms with Gasteiger partial charge in [-0.25, -0.2) is 13.9 Å². The first-order chi connectivity index (χ1) is 14.1. The van der Waals surface area contributed by atoms with Crippen molar-refractivity contribution in [2.45, 2.75) is 19.6 Å². The van der Waals surface area contributed by atoms with Crippen molar-refractivity contribution < 1.29 is 36.3 Å². The molecule has 0 aliphatic rings. The van der Waals surface area contributed by atoms with Gasteiger partial charge in [0.2, 0.25) is 0 Å². The number of alkyl halides is 3. The maximum Gasteiger partial charge on any atom is 0.434 e. The molecule has 0 aliphatic heterocycles. The second kappa shape index (κ2) is 8.01. The van der Waals surface area contributed by atoms with Crippen LogP contribution in [0, 0.1) is 12.7 Å². The molecule has 0 saturated heterocycles. The molecule has 0 saturated carbocycles. The van der Waals surface area contributed by atoms with E-state index in [4.69, 9.17) is 4.42 Å². The van der Waals surface area contributed by atoms with E-state index in [0.29, 0.717) is 10.9 Å². The van der Waals surface area contributed by atoms with Crippen LogP contribution in [0.15, 0.2) is 40.9 Å². The molecule has 0 bridgehead atoms. The normalized spacial score (nSPS) is 11.4. The topological polar surface area (TPSA) is 86.4 Å². The molecule has 0 fully saturated rings. The number of nitrogens with zero attached hydrogens (tertiary/aromatic N) is 2. The van der Waals surface area contributed by atoms with Crippen molar-refractivity contribution >= 4 is 11.9 Å². The maximum absolute atomic E-state index is 14.0. The highest BCUT2D eigenvalue weighted by Gasteiger charge is 2.41. The molecular formula is C19H15F4N3O4. The molecule has 1 aromatic carbocycles. The van der Waals surface area contributed by atoms with Gasteiger partial charge in [0.05, 0.1) is 25.4 Å². The fourth-order valence-electron chi connectivity index (χ4n) is 2.80. The summed E-state index contributed by atoms with van der Waals surface area (Å²) in [6.45, 7) is 1.20. The van der Waals surface area contributed by atoms with Gasteiger partial charge in [0.15, 0.2) is 5.69 Å². The Hall–Kier alpha value is -3.63. The summed E-state index contributed by atoms with van der Waals surface area (Å²) < 4.78 is 65.1. The molecule has 0 radical (unpaired) electrons. The van der Waals surface area contributed by atoms with Crippen molar-refractivity contribution in [2.75, 3.05) is 7.11 Å². The van der Waals surface area contributed by atoms with Crippen LogP contribution in [0.2, 0.25) is 0 Å². The number of methoxy groups -OCH3 is 1. The maximum atomic E-state index is 14.0. The lowest BCUT2D eigenvalue weighted by atomic mass is 10.2. The van der Waals surface area contributed by atoms with E-state index in [1.807, 2.05) is 0 Å². The summed E-state index contributed by atoms with van der Waals surface area (Å²) in [5, 5.41) is 5.83. The van der Waals surface area contributed by atoms with Crippen molar-refractivity contribution in [1.29, 1.82) is 0 Å². The smallest absolute Gasteiger partial charge is 0.434 e. The van der Waals surface area contributed by atoms with E-state index >= 15 is 0 Å². The van der Waals surface area contributed by atoms with E-state index in [9.17, 15) is 27.2 Å². The van der Waals surface area contributed by atoms with Crippen LogP contribution in [0.25, 0.3) is 5.69 Å². The zero-order valence-corrected chi connectivity index (χ0v) is 15.7. The highest BCUT2D eigenvalue weighted by Crippen LogP contribution is 2.34. The van der Waals surface area contributed by atoms with Gasteiger partial charge in [-0.2, -0.15) is 18.3 Å². The molecule has 158 valence electrons. The molecule has 0 atom stereocenters. The van der Waals surface area contributed by atoms with E-state index in [1.54, 1.807) is 0 Å². The summed E-state index contributed by atoms with van der Waals surface area (Å²) in [6, 6.07) is 6.07. The molecule has 0 aliphatic carbocycles. The molecule has 11 heteroatoms. The standard InChI is InChI=1S/C19H15F4N3O4/c1-10-12(18(28)29-2)7-11(30-10)8-24-17(27)13-9-25-26(16(13)19(21,22)23)15-6-4-3-5-14(15)20/h3-7,9H,8H2,1-2H3,(H,24,27). The quantitative estimate of drug-likeness (QED) is 0.498. The number of ether oxygens (including phenoxy) is 1. The minimum absolute atomic E-state index is 0.130. The summed E-state index contributed by atoms with van der Waals surface area (Å²) in [4.78, 5) is 24.0.